The lowest BCUT2D eigenvalue weighted by Gasteiger charge is -2.38. The summed E-state index contributed by atoms with van der Waals surface area (Å²) in [4.78, 5) is 11.0. The highest BCUT2D eigenvalue weighted by Crippen LogP contribution is 2.28. The van der Waals surface area contributed by atoms with E-state index in [-0.39, 0.29) is 0 Å². The Balaban J connectivity index is 1.58. The summed E-state index contributed by atoms with van der Waals surface area (Å²) < 4.78 is 5.51. The van der Waals surface area contributed by atoms with Crippen LogP contribution in [0.3, 0.4) is 0 Å². The van der Waals surface area contributed by atoms with Crippen LogP contribution in [0.5, 0.6) is 5.75 Å². The Labute approximate surface area is 160 Å². The van der Waals surface area contributed by atoms with Gasteiger partial charge in [0, 0.05) is 50.6 Å². The average Bonchev–Trinajstić information content (AvgIpc) is 3.21. The number of ether oxygens (including phenoxy) is 1. The number of aliphatic imine (C=N–C) groups is 1. The summed E-state index contributed by atoms with van der Waals surface area (Å²) in [6.45, 7) is 7.71. The lowest BCUT2D eigenvalue weighted by Crippen LogP contribution is -2.52. The monoisotopic (exact) mass is 372 g/mol. The van der Waals surface area contributed by atoms with E-state index in [1.807, 2.05) is 12.1 Å². The Morgan fingerprint density at radius 2 is 1.96 bits per heavy atom. The second-order valence-electron chi connectivity index (χ2n) is 6.21. The zero-order valence-corrected chi connectivity index (χ0v) is 16.5. The van der Waals surface area contributed by atoms with Crippen molar-refractivity contribution >= 4 is 23.0 Å². The standard InChI is InChI=1S/C20H28N4OS/c1-3-21-20(22-11-10-17-7-6-16-26-17)24-14-12-23(13-15-24)18-8-4-5-9-19(18)25-2/h4-9,16H,3,10-15H2,1-2H3,(H,21,22). The van der Waals surface area contributed by atoms with E-state index in [9.17, 15) is 0 Å². The molecule has 0 bridgehead atoms. The molecule has 140 valence electrons. The van der Waals surface area contributed by atoms with Crippen molar-refractivity contribution in [3.8, 4) is 5.75 Å². The second-order valence-corrected chi connectivity index (χ2v) is 7.24. The van der Waals surface area contributed by atoms with E-state index in [1.54, 1.807) is 18.4 Å². The van der Waals surface area contributed by atoms with E-state index >= 15 is 0 Å². The molecule has 0 radical (unpaired) electrons. The lowest BCUT2D eigenvalue weighted by molar-refractivity contribution is 0.367. The number of nitrogens with zero attached hydrogens (tertiary/aromatic N) is 3. The third-order valence-corrected chi connectivity index (χ3v) is 5.48. The van der Waals surface area contributed by atoms with Crippen molar-refractivity contribution in [3.63, 3.8) is 0 Å². The molecule has 1 N–H and O–H groups in total. The molecule has 1 aliphatic rings. The number of piperazine rings is 1. The van der Waals surface area contributed by atoms with Gasteiger partial charge in [0.05, 0.1) is 12.8 Å². The summed E-state index contributed by atoms with van der Waals surface area (Å²) >= 11 is 1.80. The van der Waals surface area contributed by atoms with E-state index in [4.69, 9.17) is 9.73 Å². The Bertz CT molecular complexity index is 694. The number of nitrogens with one attached hydrogen (secondary N) is 1. The fourth-order valence-electron chi connectivity index (χ4n) is 3.20. The molecule has 26 heavy (non-hydrogen) atoms. The van der Waals surface area contributed by atoms with Crippen molar-refractivity contribution in [2.45, 2.75) is 13.3 Å². The third kappa shape index (κ3) is 4.69. The molecule has 1 aromatic heterocycles. The van der Waals surface area contributed by atoms with Crippen LogP contribution in [0, 0.1) is 0 Å². The zero-order chi connectivity index (χ0) is 18.2. The quantitative estimate of drug-likeness (QED) is 0.625. The van der Waals surface area contributed by atoms with E-state index < -0.39 is 0 Å². The Morgan fingerprint density at radius 1 is 1.15 bits per heavy atom. The zero-order valence-electron chi connectivity index (χ0n) is 15.6. The Hall–Kier alpha value is -2.21. The minimum Gasteiger partial charge on any atom is -0.495 e. The van der Waals surface area contributed by atoms with Crippen LogP contribution in [0.1, 0.15) is 11.8 Å². The molecular weight excluding hydrogens is 344 g/mol. The molecule has 2 aromatic rings. The molecule has 2 heterocycles. The average molecular weight is 373 g/mol. The maximum Gasteiger partial charge on any atom is 0.194 e. The molecule has 0 spiro atoms. The van der Waals surface area contributed by atoms with Crippen LogP contribution in [0.2, 0.25) is 0 Å². The molecule has 1 saturated heterocycles. The van der Waals surface area contributed by atoms with Gasteiger partial charge in [-0.25, -0.2) is 0 Å². The number of thiophene rings is 1. The number of para-hydroxylation sites is 2. The van der Waals surface area contributed by atoms with Gasteiger partial charge in [-0.15, -0.1) is 11.3 Å². The van der Waals surface area contributed by atoms with Crippen molar-refractivity contribution < 1.29 is 4.74 Å². The molecule has 0 atom stereocenters. The first kappa shape index (κ1) is 18.6. The Kier molecular flexibility index (Phi) is 6.77. The third-order valence-electron chi connectivity index (χ3n) is 4.54. The molecule has 6 heteroatoms. The fraction of sp³-hybridized carbons (Fsp3) is 0.450. The molecule has 0 saturated carbocycles. The highest BCUT2D eigenvalue weighted by atomic mass is 32.1. The molecular formula is C20H28N4OS. The van der Waals surface area contributed by atoms with Gasteiger partial charge < -0.3 is 19.9 Å². The molecule has 1 fully saturated rings. The predicted molar refractivity (Wildman–Crippen MR) is 111 cm³/mol. The van der Waals surface area contributed by atoms with Crippen LogP contribution in [0.4, 0.5) is 5.69 Å². The minimum absolute atomic E-state index is 0.829. The fourth-order valence-corrected chi connectivity index (χ4v) is 3.90. The smallest absolute Gasteiger partial charge is 0.194 e. The summed E-state index contributed by atoms with van der Waals surface area (Å²) in [7, 11) is 1.73. The van der Waals surface area contributed by atoms with Gasteiger partial charge in [-0.2, -0.15) is 0 Å². The van der Waals surface area contributed by atoms with Gasteiger partial charge in [0.1, 0.15) is 5.75 Å². The van der Waals surface area contributed by atoms with Gasteiger partial charge in [-0.3, -0.25) is 4.99 Å². The largest absolute Gasteiger partial charge is 0.495 e. The molecule has 1 aliphatic heterocycles. The summed E-state index contributed by atoms with van der Waals surface area (Å²) in [5, 5.41) is 5.57. The SMILES string of the molecule is CCNC(=NCCc1cccs1)N1CCN(c2ccccc2OC)CC1. The number of methoxy groups -OCH3 is 1. The van der Waals surface area contributed by atoms with Crippen LogP contribution >= 0.6 is 11.3 Å². The number of benzene rings is 1. The number of guanidine groups is 1. The van der Waals surface area contributed by atoms with Crippen LogP contribution in [0.25, 0.3) is 0 Å². The minimum atomic E-state index is 0.829. The molecule has 5 nitrogen and oxygen atoms in total. The van der Waals surface area contributed by atoms with Gasteiger partial charge >= 0.3 is 0 Å². The Morgan fingerprint density at radius 3 is 2.65 bits per heavy atom. The number of hydrogen-bond donors (Lipinski definition) is 1. The van der Waals surface area contributed by atoms with Crippen molar-refractivity contribution in [1.82, 2.24) is 10.2 Å². The first-order valence-corrected chi connectivity index (χ1v) is 10.1. The molecule has 3 rings (SSSR count). The summed E-state index contributed by atoms with van der Waals surface area (Å²) in [6.07, 6.45) is 1.01. The summed E-state index contributed by atoms with van der Waals surface area (Å²) in [6, 6.07) is 12.5. The number of anilines is 1. The number of hydrogen-bond acceptors (Lipinski definition) is 4. The van der Waals surface area contributed by atoms with Gasteiger partial charge in [0.15, 0.2) is 5.96 Å². The van der Waals surface area contributed by atoms with E-state index in [0.29, 0.717) is 0 Å². The van der Waals surface area contributed by atoms with Gasteiger partial charge in [0.25, 0.3) is 0 Å². The second kappa shape index (κ2) is 9.48. The highest BCUT2D eigenvalue weighted by molar-refractivity contribution is 7.09. The molecule has 0 amide bonds. The summed E-state index contributed by atoms with van der Waals surface area (Å²) in [5.74, 6) is 1.97. The highest BCUT2D eigenvalue weighted by Gasteiger charge is 2.21. The first-order chi connectivity index (χ1) is 12.8. The van der Waals surface area contributed by atoms with E-state index in [1.165, 1.54) is 10.6 Å². The van der Waals surface area contributed by atoms with Crippen LogP contribution in [0.15, 0.2) is 46.8 Å². The van der Waals surface area contributed by atoms with E-state index in [2.05, 4.69) is 51.7 Å². The topological polar surface area (TPSA) is 40.1 Å². The van der Waals surface area contributed by atoms with Gasteiger partial charge in [-0.05, 0) is 30.5 Å². The van der Waals surface area contributed by atoms with Crippen molar-refractivity contribution in [3.05, 3.63) is 46.7 Å². The lowest BCUT2D eigenvalue weighted by atomic mass is 10.2. The predicted octanol–water partition coefficient (Wildman–Crippen LogP) is 3.09. The van der Waals surface area contributed by atoms with Crippen molar-refractivity contribution in [1.29, 1.82) is 0 Å². The van der Waals surface area contributed by atoms with Gasteiger partial charge in [-0.1, -0.05) is 18.2 Å². The van der Waals surface area contributed by atoms with Crippen molar-refractivity contribution in [2.24, 2.45) is 4.99 Å². The first-order valence-electron chi connectivity index (χ1n) is 9.25. The summed E-state index contributed by atoms with van der Waals surface area (Å²) in [5.41, 5.74) is 1.18. The van der Waals surface area contributed by atoms with Crippen molar-refractivity contribution in [2.75, 3.05) is 51.3 Å². The molecule has 0 aliphatic carbocycles. The van der Waals surface area contributed by atoms with Crippen LogP contribution in [-0.4, -0.2) is 57.2 Å². The maximum absolute atomic E-state index is 5.51. The van der Waals surface area contributed by atoms with Gasteiger partial charge in [0.2, 0.25) is 0 Å². The molecule has 1 aromatic carbocycles. The normalized spacial score (nSPS) is 15.2. The van der Waals surface area contributed by atoms with Crippen LogP contribution < -0.4 is 15.0 Å². The number of rotatable bonds is 6. The van der Waals surface area contributed by atoms with E-state index in [0.717, 1.165) is 57.4 Å². The maximum atomic E-state index is 5.51. The van der Waals surface area contributed by atoms with Crippen LogP contribution in [-0.2, 0) is 6.42 Å². The molecule has 0 unspecified atom stereocenters.